The van der Waals surface area contributed by atoms with Gasteiger partial charge < -0.3 is 10.8 Å². The molecule has 3 nitrogen and oxygen atoms in total. The molecule has 0 heterocycles. The molecule has 0 saturated carbocycles. The van der Waals surface area contributed by atoms with E-state index in [1.807, 2.05) is 30.6 Å². The van der Waals surface area contributed by atoms with E-state index in [1.54, 1.807) is 0 Å². The highest BCUT2D eigenvalue weighted by Crippen LogP contribution is 2.22. The Balaban J connectivity index is 3.40. The Kier molecular flexibility index (Phi) is 7.97. The maximum Gasteiger partial charge on any atom is 0.321 e. The van der Waals surface area contributed by atoms with Crippen molar-refractivity contribution in [3.8, 4) is 0 Å². The van der Waals surface area contributed by atoms with Gasteiger partial charge in [-0.3, -0.25) is 4.79 Å². The van der Waals surface area contributed by atoms with Gasteiger partial charge in [0.2, 0.25) is 0 Å². The van der Waals surface area contributed by atoms with Gasteiger partial charge in [0.05, 0.1) is 0 Å². The van der Waals surface area contributed by atoms with Crippen LogP contribution in [0.15, 0.2) is 23.6 Å². The van der Waals surface area contributed by atoms with Crippen LogP contribution in [-0.2, 0) is 4.79 Å². The minimum absolute atomic E-state index is 0.417. The zero-order chi connectivity index (χ0) is 10.1. The highest BCUT2D eigenvalue weighted by atomic mass is 33.1. The van der Waals surface area contributed by atoms with Crippen LogP contribution < -0.4 is 5.73 Å². The number of carboxylic acid groups (broad SMARTS) is 1. The first-order valence-corrected chi connectivity index (χ1v) is 6.11. The predicted octanol–water partition coefficient (Wildman–Crippen LogP) is 1.87. The van der Waals surface area contributed by atoms with E-state index in [-0.39, 0.29) is 0 Å². The fourth-order valence-corrected chi connectivity index (χ4v) is 2.12. The van der Waals surface area contributed by atoms with Crippen LogP contribution >= 0.6 is 21.6 Å². The Labute approximate surface area is 85.9 Å². The Bertz CT molecular complexity index is 204. The number of carbonyl (C=O) groups is 1. The van der Waals surface area contributed by atoms with Gasteiger partial charge in [-0.2, -0.15) is 0 Å². The fraction of sp³-hybridized carbons (Fsp3) is 0.375. The maximum absolute atomic E-state index is 10.3. The lowest BCUT2D eigenvalue weighted by atomic mass is 10.4. The molecule has 0 aliphatic rings. The standard InChI is InChI=1S/C8H13NO2S2/c1-2-3-4-5-12-13-6-7(9)8(10)11/h2-5,7H,6,9H2,1H3,(H,10,11)/t7-/m0/s1. The van der Waals surface area contributed by atoms with Crippen molar-refractivity contribution in [2.75, 3.05) is 5.75 Å². The van der Waals surface area contributed by atoms with Gasteiger partial charge in [-0.15, -0.1) is 0 Å². The van der Waals surface area contributed by atoms with Gasteiger partial charge in [-0.05, 0) is 12.3 Å². The van der Waals surface area contributed by atoms with Crippen molar-refractivity contribution in [3.63, 3.8) is 0 Å². The van der Waals surface area contributed by atoms with E-state index in [0.29, 0.717) is 5.75 Å². The van der Waals surface area contributed by atoms with Crippen LogP contribution in [0, 0.1) is 0 Å². The fourth-order valence-electron chi connectivity index (χ4n) is 0.412. The SMILES string of the molecule is CC=CC=CSSC[C@H](N)C(=O)O. The van der Waals surface area contributed by atoms with Crippen LogP contribution in [0.4, 0.5) is 0 Å². The van der Waals surface area contributed by atoms with Crippen LogP contribution in [0.1, 0.15) is 6.92 Å². The summed E-state index contributed by atoms with van der Waals surface area (Å²) >= 11 is 0. The average Bonchev–Trinajstić information content (AvgIpc) is 2.10. The largest absolute Gasteiger partial charge is 0.480 e. The Hall–Kier alpha value is -0.390. The van der Waals surface area contributed by atoms with E-state index < -0.39 is 12.0 Å². The molecule has 0 aliphatic carbocycles. The first-order valence-electron chi connectivity index (χ1n) is 3.73. The summed E-state index contributed by atoms with van der Waals surface area (Å²) in [5, 5.41) is 10.3. The van der Waals surface area contributed by atoms with Gasteiger partial charge >= 0.3 is 5.97 Å². The minimum Gasteiger partial charge on any atom is -0.480 e. The highest BCUT2D eigenvalue weighted by Gasteiger charge is 2.10. The monoisotopic (exact) mass is 219 g/mol. The summed E-state index contributed by atoms with van der Waals surface area (Å²) < 4.78 is 0. The Morgan fingerprint density at radius 1 is 1.62 bits per heavy atom. The molecule has 74 valence electrons. The van der Waals surface area contributed by atoms with E-state index in [1.165, 1.54) is 21.6 Å². The third kappa shape index (κ3) is 7.95. The second-order valence-electron chi connectivity index (χ2n) is 2.18. The Morgan fingerprint density at radius 3 is 2.85 bits per heavy atom. The summed E-state index contributed by atoms with van der Waals surface area (Å²) in [5.41, 5.74) is 5.29. The van der Waals surface area contributed by atoms with Crippen LogP contribution in [0.5, 0.6) is 0 Å². The smallest absolute Gasteiger partial charge is 0.321 e. The molecule has 13 heavy (non-hydrogen) atoms. The van der Waals surface area contributed by atoms with Crippen molar-refractivity contribution in [3.05, 3.63) is 23.6 Å². The molecule has 0 saturated heterocycles. The van der Waals surface area contributed by atoms with Crippen molar-refractivity contribution in [1.29, 1.82) is 0 Å². The number of hydrogen-bond acceptors (Lipinski definition) is 4. The summed E-state index contributed by atoms with van der Waals surface area (Å²) in [7, 11) is 2.91. The molecule has 0 aromatic heterocycles. The zero-order valence-electron chi connectivity index (χ0n) is 7.34. The number of rotatable bonds is 6. The number of hydrogen-bond donors (Lipinski definition) is 2. The van der Waals surface area contributed by atoms with E-state index >= 15 is 0 Å². The number of allylic oxidation sites excluding steroid dienone is 3. The van der Waals surface area contributed by atoms with Gasteiger partial charge in [0, 0.05) is 5.75 Å². The first-order chi connectivity index (χ1) is 6.18. The molecule has 0 aromatic rings. The lowest BCUT2D eigenvalue weighted by Gasteiger charge is -2.02. The van der Waals surface area contributed by atoms with Gasteiger partial charge in [0.25, 0.3) is 0 Å². The molecule has 0 bridgehead atoms. The van der Waals surface area contributed by atoms with E-state index in [4.69, 9.17) is 10.8 Å². The molecular formula is C8H13NO2S2. The lowest BCUT2D eigenvalue weighted by molar-refractivity contribution is -0.137. The molecule has 0 amide bonds. The number of nitrogens with two attached hydrogens (primary N) is 1. The van der Waals surface area contributed by atoms with Crippen LogP contribution in [0.2, 0.25) is 0 Å². The minimum atomic E-state index is -0.953. The highest BCUT2D eigenvalue weighted by molar-refractivity contribution is 8.77. The quantitative estimate of drug-likeness (QED) is 0.405. The maximum atomic E-state index is 10.3. The molecule has 5 heteroatoms. The summed E-state index contributed by atoms with van der Waals surface area (Å²) in [4.78, 5) is 10.3. The second kappa shape index (κ2) is 8.22. The van der Waals surface area contributed by atoms with Crippen molar-refractivity contribution >= 4 is 27.6 Å². The van der Waals surface area contributed by atoms with Gasteiger partial charge in [0.15, 0.2) is 0 Å². The predicted molar refractivity (Wildman–Crippen MR) is 59.6 cm³/mol. The third-order valence-electron chi connectivity index (χ3n) is 1.07. The summed E-state index contributed by atoms with van der Waals surface area (Å²) in [6.07, 6.45) is 5.72. The lowest BCUT2D eigenvalue weighted by Crippen LogP contribution is -2.32. The molecule has 0 rings (SSSR count). The first kappa shape index (κ1) is 12.6. The molecule has 0 spiro atoms. The number of aliphatic carboxylic acids is 1. The zero-order valence-corrected chi connectivity index (χ0v) is 8.98. The molecule has 3 N–H and O–H groups in total. The second-order valence-corrected chi connectivity index (χ2v) is 4.50. The molecular weight excluding hydrogens is 206 g/mol. The average molecular weight is 219 g/mol. The van der Waals surface area contributed by atoms with E-state index in [0.717, 1.165) is 0 Å². The van der Waals surface area contributed by atoms with Gasteiger partial charge in [-0.1, -0.05) is 39.8 Å². The normalized spacial score (nSPS) is 14.0. The van der Waals surface area contributed by atoms with Crippen molar-refractivity contribution < 1.29 is 9.90 Å². The van der Waals surface area contributed by atoms with E-state index in [9.17, 15) is 4.79 Å². The Morgan fingerprint density at radius 2 is 2.31 bits per heavy atom. The molecule has 0 aromatic carbocycles. The molecule has 1 atom stereocenters. The number of carboxylic acids is 1. The van der Waals surface area contributed by atoms with Gasteiger partial charge in [-0.25, -0.2) is 0 Å². The topological polar surface area (TPSA) is 63.3 Å². The molecule has 0 aliphatic heterocycles. The van der Waals surface area contributed by atoms with Crippen molar-refractivity contribution in [2.24, 2.45) is 5.73 Å². The summed E-state index contributed by atoms with van der Waals surface area (Å²) in [6, 6.07) is -0.771. The van der Waals surface area contributed by atoms with Crippen molar-refractivity contribution in [2.45, 2.75) is 13.0 Å². The molecule has 0 fully saturated rings. The van der Waals surface area contributed by atoms with Crippen LogP contribution in [0.3, 0.4) is 0 Å². The van der Waals surface area contributed by atoms with Crippen molar-refractivity contribution in [1.82, 2.24) is 0 Å². The molecule has 0 radical (unpaired) electrons. The van der Waals surface area contributed by atoms with Crippen LogP contribution in [-0.4, -0.2) is 22.9 Å². The molecule has 0 unspecified atom stereocenters. The summed E-state index contributed by atoms with van der Waals surface area (Å²) in [6.45, 7) is 1.93. The van der Waals surface area contributed by atoms with Crippen LogP contribution in [0.25, 0.3) is 0 Å². The summed E-state index contributed by atoms with van der Waals surface area (Å²) in [5.74, 6) is -0.536. The van der Waals surface area contributed by atoms with E-state index in [2.05, 4.69) is 0 Å². The van der Waals surface area contributed by atoms with Gasteiger partial charge in [0.1, 0.15) is 6.04 Å². The third-order valence-corrected chi connectivity index (χ3v) is 3.12.